The van der Waals surface area contributed by atoms with E-state index < -0.39 is 60.2 Å². The van der Waals surface area contributed by atoms with Crippen molar-refractivity contribution in [1.82, 2.24) is 16.0 Å². The van der Waals surface area contributed by atoms with Crippen LogP contribution in [0.5, 0.6) is 0 Å². The quantitative estimate of drug-likeness (QED) is 0.0404. The van der Waals surface area contributed by atoms with Gasteiger partial charge in [-0.3, -0.25) is 24.2 Å². The second kappa shape index (κ2) is 19.9. The van der Waals surface area contributed by atoms with Crippen LogP contribution in [0.25, 0.3) is 0 Å². The van der Waals surface area contributed by atoms with Crippen LogP contribution in [0.4, 0.5) is 0 Å². The number of aliphatic carboxylic acids is 2. The lowest BCUT2D eigenvalue weighted by molar-refractivity contribution is -0.142. The van der Waals surface area contributed by atoms with Crippen molar-refractivity contribution in [3.8, 4) is 0 Å². The van der Waals surface area contributed by atoms with Crippen molar-refractivity contribution in [3.63, 3.8) is 0 Å². The molecule has 16 heteroatoms. The third kappa shape index (κ3) is 15.9. The molecule has 0 saturated carbocycles. The molecule has 0 rings (SSSR count). The van der Waals surface area contributed by atoms with Gasteiger partial charge in [0.05, 0.1) is 6.04 Å². The molecule has 0 aromatic rings. The van der Waals surface area contributed by atoms with Gasteiger partial charge in [0.15, 0.2) is 5.96 Å². The summed E-state index contributed by atoms with van der Waals surface area (Å²) in [5.41, 5.74) is 21.9. The van der Waals surface area contributed by atoms with Crippen molar-refractivity contribution in [2.75, 3.05) is 25.1 Å². The fraction of sp³-hybridized carbons (Fsp3) is 0.727. The van der Waals surface area contributed by atoms with E-state index in [0.29, 0.717) is 31.6 Å². The second-order valence-electron chi connectivity index (χ2n) is 8.58. The third-order valence-electron chi connectivity index (χ3n) is 5.39. The van der Waals surface area contributed by atoms with Crippen LogP contribution in [0, 0.1) is 0 Å². The Morgan fingerprint density at radius 1 is 0.816 bits per heavy atom. The predicted molar refractivity (Wildman–Crippen MR) is 144 cm³/mol. The molecule has 0 aliphatic heterocycles. The lowest BCUT2D eigenvalue weighted by atomic mass is 10.1. The standard InChI is InChI=1S/C22H42N8O7S/c1-38-12-9-16(21(36)37)30-19(34)14(6-4-11-27-22(25)26)29-20(35)15(7-8-17(31)32)28-18(33)13(24)5-2-3-10-23/h13-16H,2-12,23-24H2,1H3,(H,28,33)(H,29,35)(H,30,34)(H,31,32)(H,36,37)(H4,25,26,27). The number of carboxylic acid groups (broad SMARTS) is 2. The van der Waals surface area contributed by atoms with Crippen LogP contribution in [0.3, 0.4) is 0 Å². The minimum Gasteiger partial charge on any atom is -0.481 e. The smallest absolute Gasteiger partial charge is 0.326 e. The van der Waals surface area contributed by atoms with Crippen molar-refractivity contribution in [1.29, 1.82) is 0 Å². The molecule has 0 saturated heterocycles. The highest BCUT2D eigenvalue weighted by Gasteiger charge is 2.30. The summed E-state index contributed by atoms with van der Waals surface area (Å²) in [5, 5.41) is 25.9. The fourth-order valence-corrected chi connectivity index (χ4v) is 3.74. The van der Waals surface area contributed by atoms with Crippen LogP contribution in [0.2, 0.25) is 0 Å². The molecule has 38 heavy (non-hydrogen) atoms. The average Bonchev–Trinajstić information content (AvgIpc) is 2.85. The SMILES string of the molecule is CSCCC(NC(=O)C(CCCN=C(N)N)NC(=O)C(CCC(=O)O)NC(=O)C(N)CCCCN)C(=O)O. The normalized spacial score (nSPS) is 13.9. The molecular formula is C22H42N8O7S. The Morgan fingerprint density at radius 2 is 1.39 bits per heavy atom. The molecular weight excluding hydrogens is 520 g/mol. The van der Waals surface area contributed by atoms with Crippen LogP contribution in [-0.4, -0.2) is 95.1 Å². The summed E-state index contributed by atoms with van der Waals surface area (Å²) in [7, 11) is 0. The van der Waals surface area contributed by atoms with E-state index >= 15 is 0 Å². The molecule has 0 aliphatic rings. The van der Waals surface area contributed by atoms with Gasteiger partial charge in [-0.2, -0.15) is 11.8 Å². The molecule has 4 atom stereocenters. The number of unbranched alkanes of at least 4 members (excludes halogenated alkanes) is 1. The van der Waals surface area contributed by atoms with Gasteiger partial charge in [-0.05, 0) is 57.1 Å². The van der Waals surface area contributed by atoms with Crippen molar-refractivity contribution in [2.45, 2.75) is 75.5 Å². The summed E-state index contributed by atoms with van der Waals surface area (Å²) in [4.78, 5) is 65.1. The number of carboxylic acids is 2. The third-order valence-corrected chi connectivity index (χ3v) is 6.03. The first-order valence-corrected chi connectivity index (χ1v) is 13.7. The van der Waals surface area contributed by atoms with Gasteiger partial charge in [0.25, 0.3) is 0 Å². The largest absolute Gasteiger partial charge is 0.481 e. The van der Waals surface area contributed by atoms with Crippen molar-refractivity contribution < 1.29 is 34.2 Å². The van der Waals surface area contributed by atoms with E-state index in [1.54, 1.807) is 6.26 Å². The lowest BCUT2D eigenvalue weighted by Gasteiger charge is -2.25. The number of carbonyl (C=O) groups excluding carboxylic acids is 3. The summed E-state index contributed by atoms with van der Waals surface area (Å²) in [6.45, 7) is 0.582. The maximum absolute atomic E-state index is 13.1. The van der Waals surface area contributed by atoms with Crippen LogP contribution in [0.15, 0.2) is 4.99 Å². The molecule has 15 nitrogen and oxygen atoms in total. The first-order valence-electron chi connectivity index (χ1n) is 12.3. The van der Waals surface area contributed by atoms with Gasteiger partial charge in [0.2, 0.25) is 17.7 Å². The van der Waals surface area contributed by atoms with Gasteiger partial charge >= 0.3 is 11.9 Å². The Labute approximate surface area is 226 Å². The number of nitrogens with two attached hydrogens (primary N) is 4. The number of nitrogens with zero attached hydrogens (tertiary/aromatic N) is 1. The highest BCUT2D eigenvalue weighted by Crippen LogP contribution is 2.07. The Morgan fingerprint density at radius 3 is 1.92 bits per heavy atom. The lowest BCUT2D eigenvalue weighted by Crippen LogP contribution is -2.57. The summed E-state index contributed by atoms with van der Waals surface area (Å²) >= 11 is 1.41. The van der Waals surface area contributed by atoms with Crippen LogP contribution < -0.4 is 38.9 Å². The van der Waals surface area contributed by atoms with E-state index in [0.717, 1.165) is 0 Å². The van der Waals surface area contributed by atoms with Gasteiger partial charge < -0.3 is 49.1 Å². The maximum Gasteiger partial charge on any atom is 0.326 e. The number of nitrogens with one attached hydrogen (secondary N) is 3. The number of hydrogen-bond donors (Lipinski definition) is 9. The van der Waals surface area contributed by atoms with E-state index in [2.05, 4.69) is 20.9 Å². The average molecular weight is 563 g/mol. The zero-order valence-corrected chi connectivity index (χ0v) is 22.5. The van der Waals surface area contributed by atoms with E-state index in [4.69, 9.17) is 28.0 Å². The van der Waals surface area contributed by atoms with Crippen molar-refractivity contribution in [2.24, 2.45) is 27.9 Å². The Kier molecular flexibility index (Phi) is 18.3. The topological polar surface area (TPSA) is 278 Å². The zero-order chi connectivity index (χ0) is 29.1. The van der Waals surface area contributed by atoms with Gasteiger partial charge in [-0.25, -0.2) is 4.79 Å². The molecule has 3 amide bonds. The first-order chi connectivity index (χ1) is 17.9. The number of carbonyl (C=O) groups is 5. The summed E-state index contributed by atoms with van der Waals surface area (Å²) in [5.74, 6) is -4.30. The minimum absolute atomic E-state index is 0.0431. The number of amides is 3. The van der Waals surface area contributed by atoms with Gasteiger partial charge in [-0.15, -0.1) is 0 Å². The van der Waals surface area contributed by atoms with Crippen molar-refractivity contribution in [3.05, 3.63) is 0 Å². The van der Waals surface area contributed by atoms with Crippen molar-refractivity contribution >= 4 is 47.4 Å². The Hall–Kier alpha value is -3.11. The fourth-order valence-electron chi connectivity index (χ4n) is 3.27. The van der Waals surface area contributed by atoms with Crippen LogP contribution in [-0.2, 0) is 24.0 Å². The number of hydrogen-bond acceptors (Lipinski definition) is 9. The molecule has 13 N–H and O–H groups in total. The highest BCUT2D eigenvalue weighted by atomic mass is 32.2. The molecule has 0 radical (unpaired) electrons. The number of aliphatic imine (C=N–C) groups is 1. The van der Waals surface area contributed by atoms with E-state index in [9.17, 15) is 29.1 Å². The molecule has 0 aromatic heterocycles. The van der Waals surface area contributed by atoms with Gasteiger partial charge in [0, 0.05) is 13.0 Å². The first kappa shape index (κ1) is 34.9. The Balaban J connectivity index is 5.62. The van der Waals surface area contributed by atoms with Gasteiger partial charge in [-0.1, -0.05) is 6.42 Å². The summed E-state index contributed by atoms with van der Waals surface area (Å²) < 4.78 is 0. The summed E-state index contributed by atoms with van der Waals surface area (Å²) in [6.07, 6.45) is 3.15. The number of rotatable bonds is 21. The molecule has 0 fully saturated rings. The number of thioether (sulfide) groups is 1. The minimum atomic E-state index is -1.29. The molecule has 0 bridgehead atoms. The van der Waals surface area contributed by atoms with Crippen LogP contribution >= 0.6 is 11.8 Å². The Bertz CT molecular complexity index is 811. The maximum atomic E-state index is 13.1. The highest BCUT2D eigenvalue weighted by molar-refractivity contribution is 7.98. The molecule has 218 valence electrons. The van der Waals surface area contributed by atoms with E-state index in [1.807, 2.05) is 0 Å². The van der Waals surface area contributed by atoms with E-state index in [1.165, 1.54) is 11.8 Å². The molecule has 0 aromatic carbocycles. The summed E-state index contributed by atoms with van der Waals surface area (Å²) in [6, 6.07) is -4.61. The predicted octanol–water partition coefficient (Wildman–Crippen LogP) is -2.35. The van der Waals surface area contributed by atoms with E-state index in [-0.39, 0.29) is 38.2 Å². The van der Waals surface area contributed by atoms with Gasteiger partial charge in [0.1, 0.15) is 18.1 Å². The monoisotopic (exact) mass is 562 g/mol. The van der Waals surface area contributed by atoms with Crippen LogP contribution in [0.1, 0.15) is 51.4 Å². The molecule has 0 heterocycles. The molecule has 4 unspecified atom stereocenters. The zero-order valence-electron chi connectivity index (χ0n) is 21.7. The molecule has 0 aliphatic carbocycles. The number of guanidine groups is 1. The molecule has 0 spiro atoms. The second-order valence-corrected chi connectivity index (χ2v) is 9.56.